The first kappa shape index (κ1) is 31.7. The number of hydrogen-bond donors (Lipinski definition) is 9. The lowest BCUT2D eigenvalue weighted by molar-refractivity contribution is -0.0668. The second-order valence-corrected chi connectivity index (χ2v) is 13.5. The Balaban J connectivity index is 1.11. The van der Waals surface area contributed by atoms with Crippen LogP contribution in [0.5, 0.6) is 0 Å². The summed E-state index contributed by atoms with van der Waals surface area (Å²) in [7, 11) is -11.1. The van der Waals surface area contributed by atoms with Crippen molar-refractivity contribution in [1.29, 1.82) is 0 Å². The van der Waals surface area contributed by atoms with Gasteiger partial charge in [0.1, 0.15) is 60.3 Å². The highest BCUT2D eigenvalue weighted by Crippen LogP contribution is 2.63. The molecule has 2 aliphatic rings. The third-order valence-corrected chi connectivity index (χ3v) is 10.4. The fourth-order valence-electron chi connectivity index (χ4n) is 4.94. The molecule has 6 rings (SSSR count). The van der Waals surface area contributed by atoms with Crippen molar-refractivity contribution >= 4 is 49.4 Å². The van der Waals surface area contributed by atoms with Gasteiger partial charge >= 0.3 is 15.4 Å². The molecule has 0 saturated carbocycles. The Morgan fingerprint density at radius 3 is 1.87 bits per heavy atom. The Hall–Kier alpha value is -3.28. The van der Waals surface area contributed by atoms with Crippen LogP contribution in [0.25, 0.3) is 22.3 Å². The number of nitrogen functional groups attached to an aromatic ring is 2. The summed E-state index contributed by atoms with van der Waals surface area (Å²) in [6, 6.07) is 0. The topological polar surface area (TPSA) is 352 Å². The van der Waals surface area contributed by atoms with Crippen LogP contribution < -0.4 is 11.5 Å². The van der Waals surface area contributed by atoms with Crippen LogP contribution in [0, 0.1) is 0 Å². The molecule has 4 aromatic rings. The van der Waals surface area contributed by atoms with Crippen molar-refractivity contribution < 1.29 is 62.8 Å². The van der Waals surface area contributed by atoms with E-state index in [1.165, 1.54) is 10.9 Å². The van der Waals surface area contributed by atoms with E-state index in [-0.39, 0.29) is 34.0 Å². The van der Waals surface area contributed by atoms with E-state index < -0.39 is 76.9 Å². The van der Waals surface area contributed by atoms with Gasteiger partial charge in [-0.3, -0.25) is 18.2 Å². The van der Waals surface area contributed by atoms with Crippen molar-refractivity contribution in [1.82, 2.24) is 39.0 Å². The van der Waals surface area contributed by atoms with E-state index in [1.54, 1.807) is 0 Å². The second kappa shape index (κ2) is 11.5. The van der Waals surface area contributed by atoms with Crippen LogP contribution in [0.4, 0.5) is 11.6 Å². The summed E-state index contributed by atoms with van der Waals surface area (Å²) in [6.07, 6.45) is -8.89. The van der Waals surface area contributed by atoms with Crippen molar-refractivity contribution in [2.24, 2.45) is 0 Å². The van der Waals surface area contributed by atoms with Gasteiger partial charge in [0.05, 0.1) is 19.3 Å². The molecule has 2 saturated heterocycles. The Kier molecular flexibility index (Phi) is 8.10. The molecule has 0 bridgehead atoms. The summed E-state index contributed by atoms with van der Waals surface area (Å²) in [5.41, 5.74) is 12.0. The average Bonchev–Trinajstić information content (AvgIpc) is 3.74. The second-order valence-electron chi connectivity index (χ2n) is 10.0. The minimum Gasteiger partial charge on any atom is -0.387 e. The predicted octanol–water partition coefficient (Wildman–Crippen LogP) is -3.29. The third-order valence-electron chi connectivity index (χ3n) is 7.19. The quantitative estimate of drug-likeness (QED) is 0.0784. The normalized spacial score (nSPS) is 32.2. The number of imidazole rings is 2. The molecule has 6 heterocycles. The lowest BCUT2D eigenvalue weighted by Gasteiger charge is -2.26. The molecule has 11 atom stereocenters. The van der Waals surface area contributed by atoms with Crippen LogP contribution in [-0.4, -0.2) is 123 Å². The van der Waals surface area contributed by atoms with Crippen molar-refractivity contribution in [2.45, 2.75) is 54.9 Å². The molecule has 0 amide bonds. The third kappa shape index (κ3) is 5.57. The number of rotatable bonds is 9. The number of aromatic nitrogens is 8. The fraction of sp³-hybridized carbons (Fsp3) is 0.500. The van der Waals surface area contributed by atoms with Gasteiger partial charge in [0.25, 0.3) is 0 Å². The van der Waals surface area contributed by atoms with Gasteiger partial charge < -0.3 is 56.3 Å². The smallest absolute Gasteiger partial charge is 0.387 e. The summed E-state index contributed by atoms with van der Waals surface area (Å²) in [5, 5.41) is 52.6. The lowest BCUT2D eigenvalue weighted by Crippen LogP contribution is -2.38. The van der Waals surface area contributed by atoms with Crippen LogP contribution in [0.1, 0.15) is 12.5 Å². The van der Waals surface area contributed by atoms with Crippen molar-refractivity contribution in [3.05, 3.63) is 25.3 Å². The predicted molar refractivity (Wildman–Crippen MR) is 144 cm³/mol. The van der Waals surface area contributed by atoms with E-state index in [4.69, 9.17) is 25.5 Å². The maximum Gasteiger partial charge on any atom is 0.479 e. The first-order valence-electron chi connectivity index (χ1n) is 12.8. The van der Waals surface area contributed by atoms with E-state index in [1.807, 2.05) is 0 Å². The minimum atomic E-state index is -5.59. The minimum absolute atomic E-state index is 0.00847. The lowest BCUT2D eigenvalue weighted by atomic mass is 10.1. The van der Waals surface area contributed by atoms with Crippen LogP contribution in [0.2, 0.25) is 0 Å². The summed E-state index contributed by atoms with van der Waals surface area (Å²) < 4.78 is 48.0. The van der Waals surface area contributed by atoms with Gasteiger partial charge in [-0.25, -0.2) is 38.8 Å². The monoisotopic (exact) mass is 676 g/mol. The van der Waals surface area contributed by atoms with Crippen LogP contribution in [0.15, 0.2) is 25.3 Å². The number of phosphoric acid groups is 1. The number of hydrogen-bond acceptors (Lipinski definition) is 19. The Morgan fingerprint density at radius 1 is 0.800 bits per heavy atom. The van der Waals surface area contributed by atoms with E-state index >= 15 is 0 Å². The summed E-state index contributed by atoms with van der Waals surface area (Å²) in [5.74, 6) is -2.66. The fourth-order valence-corrected chi connectivity index (χ4v) is 7.65. The molecule has 0 radical (unpaired) electrons. The van der Waals surface area contributed by atoms with Gasteiger partial charge in [-0.05, 0) is 0 Å². The zero-order valence-electron chi connectivity index (χ0n) is 22.4. The number of nitrogens with two attached hydrogens (primary N) is 2. The number of phosphoric ester groups is 1. The largest absolute Gasteiger partial charge is 0.479 e. The Morgan fingerprint density at radius 2 is 1.31 bits per heavy atom. The van der Waals surface area contributed by atoms with Crippen LogP contribution >= 0.6 is 15.4 Å². The molecule has 45 heavy (non-hydrogen) atoms. The van der Waals surface area contributed by atoms with Crippen molar-refractivity contribution in [3.8, 4) is 0 Å². The number of fused-ring (bicyclic) bond motifs is 2. The van der Waals surface area contributed by atoms with Crippen LogP contribution in [0.3, 0.4) is 0 Å². The number of nitrogens with zero attached hydrogens (tertiary/aromatic N) is 8. The molecule has 0 aliphatic carbocycles. The van der Waals surface area contributed by atoms with Crippen LogP contribution in [-0.2, 0) is 27.4 Å². The van der Waals surface area contributed by atoms with Crippen molar-refractivity contribution in [3.63, 3.8) is 0 Å². The highest BCUT2D eigenvalue weighted by molar-refractivity contribution is 7.64. The van der Waals surface area contributed by atoms with Gasteiger partial charge in [0.15, 0.2) is 41.2 Å². The van der Waals surface area contributed by atoms with E-state index in [0.717, 1.165) is 23.5 Å². The zero-order valence-corrected chi connectivity index (χ0v) is 24.2. The molecule has 4 aromatic heterocycles. The van der Waals surface area contributed by atoms with Crippen molar-refractivity contribution in [2.75, 3.05) is 18.1 Å². The molecule has 244 valence electrons. The molecule has 23 nitrogen and oxygen atoms in total. The molecule has 3 unspecified atom stereocenters. The number of aliphatic hydroxyl groups is 5. The molecule has 2 fully saturated rings. The van der Waals surface area contributed by atoms with Gasteiger partial charge in [-0.2, -0.15) is 0 Å². The standard InChI is InChI=1S/C20H26N10O13P2/c21-14-7-16(25-2-23-14)29(4-27-7)18-11(33)9(31)6(41-18)1-40-45(38,39)43-44(36,37)20(35)13-10(32)12(34)19(42-13)30-5-28-8-15(22)24-3-26-17(8)30/h2-6,9-13,18-20,31-35H,1H2,(H,36,37)(H,38,39)(H2,21,23,25)(H2,22,24,26)/t6-,9-,10+,11-,12-,13+,18-,19-,20?/m1/s1. The number of aliphatic hydroxyl groups excluding tert-OH is 5. The number of anilines is 2. The van der Waals surface area contributed by atoms with E-state index in [2.05, 4.69) is 34.2 Å². The first-order valence-corrected chi connectivity index (χ1v) is 15.9. The summed E-state index contributed by atoms with van der Waals surface area (Å²) >= 11 is 0. The molecular weight excluding hydrogens is 650 g/mol. The molecule has 11 N–H and O–H groups in total. The van der Waals surface area contributed by atoms with Gasteiger partial charge in [0, 0.05) is 0 Å². The average molecular weight is 676 g/mol. The first-order chi connectivity index (χ1) is 21.2. The molecule has 2 aliphatic heterocycles. The Labute approximate surface area is 249 Å². The van der Waals surface area contributed by atoms with Gasteiger partial charge in [-0.15, -0.1) is 0 Å². The molecule has 0 aromatic carbocycles. The van der Waals surface area contributed by atoms with E-state index in [9.17, 15) is 44.4 Å². The highest BCUT2D eigenvalue weighted by atomic mass is 31.3. The maximum atomic E-state index is 12.9. The molecule has 0 spiro atoms. The Bertz CT molecular complexity index is 1830. The maximum absolute atomic E-state index is 12.9. The van der Waals surface area contributed by atoms with Gasteiger partial charge in [0.2, 0.25) is 0 Å². The van der Waals surface area contributed by atoms with E-state index in [0.29, 0.717) is 0 Å². The summed E-state index contributed by atoms with van der Waals surface area (Å²) in [6.45, 7) is -0.954. The number of ether oxygens (including phenoxy) is 2. The molecule has 25 heteroatoms. The zero-order chi connectivity index (χ0) is 32.4. The SMILES string of the molecule is Nc1ncnc2c1ncn2[C@@H]1O[C@H](C(O)P(=O)(O)OP(=O)(O)OC[C@H]2O[C@@H](n3cnc4c(N)ncnc43)[C@H](O)[C@@H]2O)[C@@H](O)[C@H]1O. The molecular formula is C20H26N10O13P2. The highest BCUT2D eigenvalue weighted by Gasteiger charge is 2.55. The van der Waals surface area contributed by atoms with Gasteiger partial charge in [-0.1, -0.05) is 0 Å². The summed E-state index contributed by atoms with van der Waals surface area (Å²) in [4.78, 5) is 44.1.